The summed E-state index contributed by atoms with van der Waals surface area (Å²) in [5.74, 6) is 0.432. The van der Waals surface area contributed by atoms with Crippen LogP contribution in [0.5, 0.6) is 0 Å². The van der Waals surface area contributed by atoms with Gasteiger partial charge in [-0.15, -0.1) is 11.6 Å². The van der Waals surface area contributed by atoms with Crippen LogP contribution in [0.4, 0.5) is 6.01 Å². The normalized spacial score (nSPS) is 23.5. The summed E-state index contributed by atoms with van der Waals surface area (Å²) in [6.45, 7) is 2.17. The lowest BCUT2D eigenvalue weighted by Gasteiger charge is -2.38. The second-order valence-electron chi connectivity index (χ2n) is 5.45. The fourth-order valence-corrected chi connectivity index (χ4v) is 3.42. The summed E-state index contributed by atoms with van der Waals surface area (Å²) in [7, 11) is 0. The van der Waals surface area contributed by atoms with Crippen molar-refractivity contribution < 1.29 is 4.42 Å². The SMILES string of the molecule is ClCc1coc(N2CCC3(CCCC3)CC2)n1. The van der Waals surface area contributed by atoms with E-state index in [-0.39, 0.29) is 0 Å². The van der Waals surface area contributed by atoms with Crippen molar-refractivity contribution in [3.8, 4) is 0 Å². The summed E-state index contributed by atoms with van der Waals surface area (Å²) < 4.78 is 5.48. The predicted molar refractivity (Wildman–Crippen MR) is 68.4 cm³/mol. The number of rotatable bonds is 2. The van der Waals surface area contributed by atoms with Crippen LogP contribution in [-0.4, -0.2) is 18.1 Å². The van der Waals surface area contributed by atoms with Crippen LogP contribution in [0.1, 0.15) is 44.2 Å². The summed E-state index contributed by atoms with van der Waals surface area (Å²) in [6, 6.07) is 0.758. The van der Waals surface area contributed by atoms with Gasteiger partial charge in [-0.05, 0) is 31.1 Å². The number of oxazole rings is 1. The van der Waals surface area contributed by atoms with Gasteiger partial charge in [0.15, 0.2) is 0 Å². The van der Waals surface area contributed by atoms with Crippen molar-refractivity contribution in [3.05, 3.63) is 12.0 Å². The van der Waals surface area contributed by atoms with Gasteiger partial charge in [-0.2, -0.15) is 4.98 Å². The number of anilines is 1. The van der Waals surface area contributed by atoms with Crippen LogP contribution in [0, 0.1) is 5.41 Å². The lowest BCUT2D eigenvalue weighted by molar-refractivity contribution is 0.222. The number of hydrogen-bond acceptors (Lipinski definition) is 3. The summed E-state index contributed by atoms with van der Waals surface area (Å²) >= 11 is 5.74. The van der Waals surface area contributed by atoms with Crippen LogP contribution < -0.4 is 4.90 Å². The molecular weight excluding hydrogens is 236 g/mol. The minimum Gasteiger partial charge on any atom is -0.432 e. The fraction of sp³-hybridized carbons (Fsp3) is 0.769. The van der Waals surface area contributed by atoms with E-state index in [0.717, 1.165) is 24.8 Å². The Labute approximate surface area is 107 Å². The molecular formula is C13H19ClN2O. The molecule has 1 aromatic heterocycles. The van der Waals surface area contributed by atoms with Gasteiger partial charge in [-0.25, -0.2) is 0 Å². The van der Waals surface area contributed by atoms with E-state index in [9.17, 15) is 0 Å². The molecule has 0 amide bonds. The van der Waals surface area contributed by atoms with E-state index in [2.05, 4.69) is 9.88 Å². The molecule has 4 heteroatoms. The summed E-state index contributed by atoms with van der Waals surface area (Å²) in [5.41, 5.74) is 1.49. The van der Waals surface area contributed by atoms with Crippen molar-refractivity contribution in [2.45, 2.75) is 44.4 Å². The Kier molecular flexibility index (Phi) is 3.03. The molecule has 1 aliphatic carbocycles. The molecule has 0 atom stereocenters. The highest BCUT2D eigenvalue weighted by Crippen LogP contribution is 2.46. The highest BCUT2D eigenvalue weighted by Gasteiger charge is 2.37. The Morgan fingerprint density at radius 3 is 2.53 bits per heavy atom. The molecule has 1 aromatic rings. The lowest BCUT2D eigenvalue weighted by Crippen LogP contribution is -2.39. The lowest BCUT2D eigenvalue weighted by atomic mass is 9.77. The molecule has 3 rings (SSSR count). The molecule has 0 aromatic carbocycles. The summed E-state index contributed by atoms with van der Waals surface area (Å²) in [6.07, 6.45) is 9.98. The molecule has 1 spiro atoms. The fourth-order valence-electron chi connectivity index (χ4n) is 3.30. The first-order valence-corrected chi connectivity index (χ1v) is 7.10. The molecule has 2 aliphatic rings. The third-order valence-electron chi connectivity index (χ3n) is 4.44. The van der Waals surface area contributed by atoms with Crippen LogP contribution in [-0.2, 0) is 5.88 Å². The first kappa shape index (κ1) is 11.4. The number of piperidine rings is 1. The van der Waals surface area contributed by atoms with Crippen molar-refractivity contribution in [2.75, 3.05) is 18.0 Å². The van der Waals surface area contributed by atoms with Gasteiger partial charge in [0, 0.05) is 13.1 Å². The van der Waals surface area contributed by atoms with Crippen LogP contribution in [0.25, 0.3) is 0 Å². The maximum atomic E-state index is 5.74. The van der Waals surface area contributed by atoms with E-state index in [1.807, 2.05) is 0 Å². The topological polar surface area (TPSA) is 29.3 Å². The molecule has 0 N–H and O–H groups in total. The molecule has 2 heterocycles. The highest BCUT2D eigenvalue weighted by molar-refractivity contribution is 6.16. The van der Waals surface area contributed by atoms with Crippen molar-refractivity contribution in [2.24, 2.45) is 5.41 Å². The second kappa shape index (κ2) is 4.52. The molecule has 94 valence electrons. The second-order valence-corrected chi connectivity index (χ2v) is 5.72. The van der Waals surface area contributed by atoms with E-state index in [4.69, 9.17) is 16.0 Å². The van der Waals surface area contributed by atoms with Gasteiger partial charge in [0.05, 0.1) is 11.6 Å². The van der Waals surface area contributed by atoms with Gasteiger partial charge in [0.1, 0.15) is 6.26 Å². The minimum atomic E-state index is 0.432. The number of nitrogens with zero attached hydrogens (tertiary/aromatic N) is 2. The average Bonchev–Trinajstić information content (AvgIpc) is 3.00. The Balaban J connectivity index is 1.64. The maximum Gasteiger partial charge on any atom is 0.297 e. The number of halogens is 1. The largest absolute Gasteiger partial charge is 0.432 e. The van der Waals surface area contributed by atoms with Crippen LogP contribution in [0.3, 0.4) is 0 Å². The highest BCUT2D eigenvalue weighted by atomic mass is 35.5. The van der Waals surface area contributed by atoms with Gasteiger partial charge in [0.25, 0.3) is 6.01 Å². The summed E-state index contributed by atoms with van der Waals surface area (Å²) in [5, 5.41) is 0. The van der Waals surface area contributed by atoms with Gasteiger partial charge in [-0.1, -0.05) is 12.8 Å². The molecule has 17 heavy (non-hydrogen) atoms. The third kappa shape index (κ3) is 2.17. The molecule has 0 unspecified atom stereocenters. The van der Waals surface area contributed by atoms with E-state index in [1.54, 1.807) is 6.26 Å². The number of alkyl halides is 1. The zero-order valence-electron chi connectivity index (χ0n) is 10.1. The number of hydrogen-bond donors (Lipinski definition) is 0. The zero-order chi connectivity index (χ0) is 11.7. The van der Waals surface area contributed by atoms with Crippen molar-refractivity contribution in [3.63, 3.8) is 0 Å². The third-order valence-corrected chi connectivity index (χ3v) is 4.71. The van der Waals surface area contributed by atoms with Gasteiger partial charge in [-0.3, -0.25) is 0 Å². The molecule has 1 saturated heterocycles. The van der Waals surface area contributed by atoms with Crippen molar-refractivity contribution in [1.29, 1.82) is 0 Å². The van der Waals surface area contributed by atoms with Gasteiger partial charge < -0.3 is 9.32 Å². The molecule has 0 radical (unpaired) electrons. The zero-order valence-corrected chi connectivity index (χ0v) is 10.9. The first-order valence-electron chi connectivity index (χ1n) is 6.57. The Morgan fingerprint density at radius 1 is 1.24 bits per heavy atom. The predicted octanol–water partition coefficient (Wildman–Crippen LogP) is 3.57. The minimum absolute atomic E-state index is 0.432. The van der Waals surface area contributed by atoms with E-state index >= 15 is 0 Å². The molecule has 3 nitrogen and oxygen atoms in total. The average molecular weight is 255 g/mol. The number of aromatic nitrogens is 1. The molecule has 2 fully saturated rings. The quantitative estimate of drug-likeness (QED) is 0.756. The standard InChI is InChI=1S/C13H19ClN2O/c14-9-11-10-17-12(15-11)16-7-5-13(6-8-16)3-1-2-4-13/h10H,1-9H2. The first-order chi connectivity index (χ1) is 8.31. The monoisotopic (exact) mass is 254 g/mol. The van der Waals surface area contributed by atoms with Gasteiger partial charge >= 0.3 is 0 Å². The van der Waals surface area contributed by atoms with Crippen molar-refractivity contribution in [1.82, 2.24) is 4.98 Å². The van der Waals surface area contributed by atoms with Gasteiger partial charge in [0.2, 0.25) is 0 Å². The Hall–Kier alpha value is -0.700. The van der Waals surface area contributed by atoms with Crippen LogP contribution in [0.2, 0.25) is 0 Å². The van der Waals surface area contributed by atoms with Crippen LogP contribution >= 0.6 is 11.6 Å². The molecule has 1 saturated carbocycles. The smallest absolute Gasteiger partial charge is 0.297 e. The van der Waals surface area contributed by atoms with E-state index in [1.165, 1.54) is 38.5 Å². The maximum absolute atomic E-state index is 5.74. The van der Waals surface area contributed by atoms with Crippen molar-refractivity contribution >= 4 is 17.6 Å². The molecule has 1 aliphatic heterocycles. The molecule has 0 bridgehead atoms. The van der Waals surface area contributed by atoms with E-state index in [0.29, 0.717) is 11.3 Å². The van der Waals surface area contributed by atoms with Crippen LogP contribution in [0.15, 0.2) is 10.7 Å². The Morgan fingerprint density at radius 2 is 1.94 bits per heavy atom. The summed E-state index contributed by atoms with van der Waals surface area (Å²) in [4.78, 5) is 6.66. The Bertz CT molecular complexity index is 375. The van der Waals surface area contributed by atoms with E-state index < -0.39 is 0 Å².